The fourth-order valence-corrected chi connectivity index (χ4v) is 3.99. The number of hydrogen-bond acceptors (Lipinski definition) is 5. The Kier molecular flexibility index (Phi) is 5.09. The molecule has 1 aliphatic rings. The van der Waals surface area contributed by atoms with E-state index in [4.69, 9.17) is 0 Å². The summed E-state index contributed by atoms with van der Waals surface area (Å²) < 4.78 is 0. The zero-order valence-corrected chi connectivity index (χ0v) is 17.3. The van der Waals surface area contributed by atoms with Crippen molar-refractivity contribution in [3.63, 3.8) is 0 Å². The fourth-order valence-electron chi connectivity index (χ4n) is 3.37. The molecule has 8 heteroatoms. The summed E-state index contributed by atoms with van der Waals surface area (Å²) in [6.45, 7) is 3.22. The van der Waals surface area contributed by atoms with Crippen molar-refractivity contribution >= 4 is 34.9 Å². The van der Waals surface area contributed by atoms with Gasteiger partial charge in [-0.05, 0) is 31.5 Å². The lowest BCUT2D eigenvalue weighted by Gasteiger charge is -2.22. The monoisotopic (exact) mass is 420 g/mol. The minimum absolute atomic E-state index is 0.361. The van der Waals surface area contributed by atoms with Gasteiger partial charge < -0.3 is 10.6 Å². The average molecular weight is 420 g/mol. The molecule has 4 amide bonds. The lowest BCUT2D eigenvalue weighted by molar-refractivity contribution is -0.133. The standard InChI is InChI=1S/C22H20N4O3S/c1-14-23-18(13-30-14)15-8-10-17(11-9-15)24-19(27)12-26-20(28)22(2,25-21(26)29)16-6-4-3-5-7-16/h3-11,13H,12H2,1-2H3,(H,24,27)(H,25,29)/t22-/m0/s1. The smallest absolute Gasteiger partial charge is 0.325 e. The van der Waals surface area contributed by atoms with Crippen molar-refractivity contribution in [1.82, 2.24) is 15.2 Å². The van der Waals surface area contributed by atoms with Crippen molar-refractivity contribution in [3.05, 3.63) is 70.5 Å². The van der Waals surface area contributed by atoms with Crippen molar-refractivity contribution in [2.75, 3.05) is 11.9 Å². The number of aromatic nitrogens is 1. The van der Waals surface area contributed by atoms with E-state index in [9.17, 15) is 14.4 Å². The Balaban J connectivity index is 1.43. The minimum Gasteiger partial charge on any atom is -0.325 e. The van der Waals surface area contributed by atoms with Gasteiger partial charge in [0.15, 0.2) is 0 Å². The highest BCUT2D eigenvalue weighted by atomic mass is 32.1. The lowest BCUT2D eigenvalue weighted by atomic mass is 9.92. The van der Waals surface area contributed by atoms with E-state index < -0.39 is 23.4 Å². The number of nitrogens with zero attached hydrogens (tertiary/aromatic N) is 2. The molecule has 7 nitrogen and oxygen atoms in total. The number of aryl methyl sites for hydroxylation is 1. The van der Waals surface area contributed by atoms with Gasteiger partial charge in [0.1, 0.15) is 12.1 Å². The maximum atomic E-state index is 12.9. The molecule has 0 spiro atoms. The second kappa shape index (κ2) is 7.72. The molecule has 3 aromatic rings. The van der Waals surface area contributed by atoms with Crippen LogP contribution in [0.25, 0.3) is 11.3 Å². The van der Waals surface area contributed by atoms with Crippen LogP contribution in [0.4, 0.5) is 10.5 Å². The van der Waals surface area contributed by atoms with Crippen molar-refractivity contribution < 1.29 is 14.4 Å². The van der Waals surface area contributed by atoms with E-state index in [1.807, 2.05) is 30.5 Å². The summed E-state index contributed by atoms with van der Waals surface area (Å²) in [5, 5.41) is 8.39. The van der Waals surface area contributed by atoms with Crippen molar-refractivity contribution in [2.45, 2.75) is 19.4 Å². The number of thiazole rings is 1. The van der Waals surface area contributed by atoms with E-state index in [1.165, 1.54) is 0 Å². The molecule has 2 heterocycles. The predicted octanol–water partition coefficient (Wildman–Crippen LogP) is 3.52. The molecule has 152 valence electrons. The van der Waals surface area contributed by atoms with Gasteiger partial charge in [-0.2, -0.15) is 0 Å². The summed E-state index contributed by atoms with van der Waals surface area (Å²) in [6, 6.07) is 15.6. The van der Waals surface area contributed by atoms with Crippen LogP contribution in [0, 0.1) is 6.92 Å². The van der Waals surface area contributed by atoms with Crippen LogP contribution in [-0.4, -0.2) is 34.3 Å². The molecule has 1 saturated heterocycles. The molecule has 0 saturated carbocycles. The van der Waals surface area contributed by atoms with Crippen LogP contribution in [0.15, 0.2) is 60.0 Å². The van der Waals surface area contributed by atoms with Crippen molar-refractivity contribution in [1.29, 1.82) is 0 Å². The molecule has 1 fully saturated rings. The minimum atomic E-state index is -1.19. The summed E-state index contributed by atoms with van der Waals surface area (Å²) >= 11 is 1.57. The second-order valence-electron chi connectivity index (χ2n) is 7.19. The van der Waals surface area contributed by atoms with E-state index >= 15 is 0 Å². The molecule has 1 aliphatic heterocycles. The Morgan fingerprint density at radius 1 is 1.13 bits per heavy atom. The van der Waals surface area contributed by atoms with E-state index in [1.54, 1.807) is 54.7 Å². The van der Waals surface area contributed by atoms with Gasteiger partial charge in [0, 0.05) is 16.6 Å². The van der Waals surface area contributed by atoms with Crippen LogP contribution < -0.4 is 10.6 Å². The van der Waals surface area contributed by atoms with Crippen molar-refractivity contribution in [3.8, 4) is 11.3 Å². The largest absolute Gasteiger partial charge is 0.325 e. The Morgan fingerprint density at radius 3 is 2.47 bits per heavy atom. The molecular weight excluding hydrogens is 400 g/mol. The van der Waals surface area contributed by atoms with Gasteiger partial charge >= 0.3 is 6.03 Å². The first-order valence-electron chi connectivity index (χ1n) is 9.39. The predicted molar refractivity (Wildman–Crippen MR) is 115 cm³/mol. The summed E-state index contributed by atoms with van der Waals surface area (Å²) in [4.78, 5) is 43.1. The highest BCUT2D eigenvalue weighted by Gasteiger charge is 2.49. The van der Waals surface area contributed by atoms with E-state index in [0.717, 1.165) is 21.2 Å². The zero-order valence-electron chi connectivity index (χ0n) is 16.5. The van der Waals surface area contributed by atoms with Gasteiger partial charge in [-0.15, -0.1) is 11.3 Å². The second-order valence-corrected chi connectivity index (χ2v) is 8.25. The molecule has 0 aliphatic carbocycles. The topological polar surface area (TPSA) is 91.4 Å². The van der Waals surface area contributed by atoms with E-state index in [2.05, 4.69) is 15.6 Å². The van der Waals surface area contributed by atoms with E-state index in [0.29, 0.717) is 11.3 Å². The number of anilines is 1. The lowest BCUT2D eigenvalue weighted by Crippen LogP contribution is -2.42. The van der Waals surface area contributed by atoms with Gasteiger partial charge in [-0.25, -0.2) is 9.78 Å². The molecule has 1 atom stereocenters. The third-order valence-electron chi connectivity index (χ3n) is 5.01. The van der Waals surface area contributed by atoms with Gasteiger partial charge in [0.25, 0.3) is 5.91 Å². The van der Waals surface area contributed by atoms with Crippen LogP contribution in [0.1, 0.15) is 17.5 Å². The first kappa shape index (κ1) is 19.8. The molecule has 4 rings (SSSR count). The number of carbonyl (C=O) groups is 3. The Morgan fingerprint density at radius 2 is 1.83 bits per heavy atom. The van der Waals surface area contributed by atoms with Crippen LogP contribution in [-0.2, 0) is 15.1 Å². The Bertz CT molecular complexity index is 1110. The highest BCUT2D eigenvalue weighted by Crippen LogP contribution is 2.28. The third kappa shape index (κ3) is 3.69. The SMILES string of the molecule is Cc1nc(-c2ccc(NC(=O)CN3C(=O)N[C@@](C)(c4ccccc4)C3=O)cc2)cs1. The molecule has 0 unspecified atom stereocenters. The molecular formula is C22H20N4O3S. The number of benzene rings is 2. The number of imide groups is 1. The van der Waals surface area contributed by atoms with E-state index in [-0.39, 0.29) is 6.54 Å². The quantitative estimate of drug-likeness (QED) is 0.618. The summed E-state index contributed by atoms with van der Waals surface area (Å²) in [6.07, 6.45) is 0. The third-order valence-corrected chi connectivity index (χ3v) is 5.78. The first-order chi connectivity index (χ1) is 14.4. The summed E-state index contributed by atoms with van der Waals surface area (Å²) in [5.74, 6) is -0.906. The van der Waals surface area contributed by atoms with Gasteiger partial charge in [-0.1, -0.05) is 42.5 Å². The van der Waals surface area contributed by atoms with Gasteiger partial charge in [-0.3, -0.25) is 14.5 Å². The van der Waals surface area contributed by atoms with Crippen LogP contribution in [0.5, 0.6) is 0 Å². The van der Waals surface area contributed by atoms with Crippen LogP contribution in [0.3, 0.4) is 0 Å². The molecule has 0 radical (unpaired) electrons. The number of urea groups is 1. The Labute approximate surface area is 177 Å². The summed E-state index contributed by atoms with van der Waals surface area (Å²) in [5.41, 5.74) is 1.89. The highest BCUT2D eigenvalue weighted by molar-refractivity contribution is 7.09. The molecule has 2 aromatic carbocycles. The first-order valence-corrected chi connectivity index (χ1v) is 10.3. The maximum Gasteiger partial charge on any atom is 0.325 e. The maximum absolute atomic E-state index is 12.9. The Hall–Kier alpha value is -3.52. The number of carbonyl (C=O) groups excluding carboxylic acids is 3. The van der Waals surface area contributed by atoms with Crippen molar-refractivity contribution in [2.24, 2.45) is 0 Å². The number of hydrogen-bond donors (Lipinski definition) is 2. The number of amides is 4. The zero-order chi connectivity index (χ0) is 21.3. The molecule has 30 heavy (non-hydrogen) atoms. The van der Waals surface area contributed by atoms with Gasteiger partial charge in [0.2, 0.25) is 5.91 Å². The van der Waals surface area contributed by atoms with Crippen LogP contribution in [0.2, 0.25) is 0 Å². The summed E-state index contributed by atoms with van der Waals surface area (Å²) in [7, 11) is 0. The number of nitrogens with one attached hydrogen (secondary N) is 2. The fraction of sp³-hybridized carbons (Fsp3) is 0.182. The average Bonchev–Trinajstić information content (AvgIpc) is 3.26. The number of rotatable bonds is 5. The molecule has 0 bridgehead atoms. The molecule has 1 aromatic heterocycles. The molecule has 2 N–H and O–H groups in total. The van der Waals surface area contributed by atoms with Gasteiger partial charge in [0.05, 0.1) is 10.7 Å². The van der Waals surface area contributed by atoms with Crippen LogP contribution >= 0.6 is 11.3 Å². The normalized spacial score (nSPS) is 18.4.